The molecule has 182 valence electrons. The van der Waals surface area contributed by atoms with Crippen molar-refractivity contribution in [3.63, 3.8) is 0 Å². The fourth-order valence-corrected chi connectivity index (χ4v) is 5.01. The lowest BCUT2D eigenvalue weighted by molar-refractivity contribution is -0.121. The van der Waals surface area contributed by atoms with E-state index in [-0.39, 0.29) is 37.1 Å². The number of aromatic nitrogens is 2. The monoisotopic (exact) mass is 502 g/mol. The van der Waals surface area contributed by atoms with Gasteiger partial charge in [-0.25, -0.2) is 4.98 Å². The Morgan fingerprint density at radius 1 is 1.03 bits per heavy atom. The number of thiazole rings is 1. The molecule has 1 fully saturated rings. The second-order valence-electron chi connectivity index (χ2n) is 8.09. The lowest BCUT2D eigenvalue weighted by atomic mass is 10.1. The third kappa shape index (κ3) is 4.38. The number of rotatable bonds is 7. The van der Waals surface area contributed by atoms with Gasteiger partial charge < -0.3 is 9.47 Å². The number of carbonyl (C=O) groups excluding carboxylic acids is 3. The van der Waals surface area contributed by atoms with E-state index < -0.39 is 0 Å². The summed E-state index contributed by atoms with van der Waals surface area (Å²) in [5.41, 5.74) is 2.37. The second-order valence-corrected chi connectivity index (χ2v) is 9.10. The van der Waals surface area contributed by atoms with Gasteiger partial charge >= 0.3 is 0 Å². The number of carbonyl (C=O) groups is 3. The van der Waals surface area contributed by atoms with Crippen molar-refractivity contribution in [3.8, 4) is 11.5 Å². The van der Waals surface area contributed by atoms with E-state index >= 15 is 0 Å². The van der Waals surface area contributed by atoms with Crippen molar-refractivity contribution in [2.24, 2.45) is 0 Å². The second kappa shape index (κ2) is 9.74. The van der Waals surface area contributed by atoms with Gasteiger partial charge in [0.15, 0.2) is 16.6 Å². The third-order valence-corrected chi connectivity index (χ3v) is 6.89. The summed E-state index contributed by atoms with van der Waals surface area (Å²) >= 11 is 1.36. The Kier molecular flexibility index (Phi) is 6.34. The first-order valence-corrected chi connectivity index (χ1v) is 12.0. The topological polar surface area (TPSA) is 102 Å². The number of amides is 3. The van der Waals surface area contributed by atoms with Gasteiger partial charge in [0.2, 0.25) is 11.8 Å². The van der Waals surface area contributed by atoms with Gasteiger partial charge in [-0.1, -0.05) is 17.4 Å². The van der Waals surface area contributed by atoms with E-state index in [1.165, 1.54) is 11.3 Å². The van der Waals surface area contributed by atoms with Crippen molar-refractivity contribution in [1.82, 2.24) is 9.97 Å². The molecule has 4 aromatic rings. The van der Waals surface area contributed by atoms with E-state index in [0.29, 0.717) is 33.4 Å². The molecule has 2 aromatic carbocycles. The lowest BCUT2D eigenvalue weighted by Gasteiger charge is -2.20. The van der Waals surface area contributed by atoms with Crippen LogP contribution < -0.4 is 19.3 Å². The first-order valence-electron chi connectivity index (χ1n) is 11.2. The molecule has 0 saturated carbocycles. The van der Waals surface area contributed by atoms with Gasteiger partial charge in [-0.05, 0) is 35.9 Å². The Balaban J connectivity index is 1.51. The van der Waals surface area contributed by atoms with Crippen LogP contribution in [0.5, 0.6) is 11.5 Å². The van der Waals surface area contributed by atoms with E-state index in [1.807, 2.05) is 18.2 Å². The van der Waals surface area contributed by atoms with Crippen LogP contribution in [0, 0.1) is 0 Å². The Morgan fingerprint density at radius 3 is 2.36 bits per heavy atom. The highest BCUT2D eigenvalue weighted by Crippen LogP contribution is 2.38. The zero-order valence-electron chi connectivity index (χ0n) is 19.6. The average Bonchev–Trinajstić information content (AvgIpc) is 3.48. The summed E-state index contributed by atoms with van der Waals surface area (Å²) in [5, 5.41) is 0.503. The summed E-state index contributed by atoms with van der Waals surface area (Å²) in [6, 6.07) is 13.8. The fourth-order valence-electron chi connectivity index (χ4n) is 4.03. The lowest BCUT2D eigenvalue weighted by Crippen LogP contribution is -2.31. The van der Waals surface area contributed by atoms with Crippen LogP contribution in [0.25, 0.3) is 10.2 Å². The summed E-state index contributed by atoms with van der Waals surface area (Å²) < 4.78 is 11.6. The highest BCUT2D eigenvalue weighted by Gasteiger charge is 2.30. The number of benzene rings is 2. The quantitative estimate of drug-likeness (QED) is 0.349. The van der Waals surface area contributed by atoms with E-state index in [4.69, 9.17) is 14.5 Å². The molecular weight excluding hydrogens is 480 g/mol. The molecule has 2 aromatic heterocycles. The number of ether oxygens (including phenoxy) is 2. The minimum atomic E-state index is -0.275. The van der Waals surface area contributed by atoms with E-state index in [0.717, 1.165) is 15.2 Å². The van der Waals surface area contributed by atoms with E-state index in [9.17, 15) is 14.4 Å². The smallest absolute Gasteiger partial charge is 0.260 e. The van der Waals surface area contributed by atoms with Gasteiger partial charge in [-0.15, -0.1) is 0 Å². The minimum Gasteiger partial charge on any atom is -0.493 e. The molecule has 0 N–H and O–H groups in total. The van der Waals surface area contributed by atoms with E-state index in [1.54, 1.807) is 61.8 Å². The molecule has 0 aliphatic carbocycles. The molecule has 0 unspecified atom stereocenters. The molecule has 3 amide bonds. The minimum absolute atomic E-state index is 0.200. The molecule has 1 aliphatic rings. The molecule has 0 atom stereocenters. The van der Waals surface area contributed by atoms with Crippen LogP contribution in [0.2, 0.25) is 0 Å². The molecule has 36 heavy (non-hydrogen) atoms. The number of pyridine rings is 1. The number of hydrogen-bond acceptors (Lipinski definition) is 8. The number of hydrogen-bond donors (Lipinski definition) is 0. The number of nitrogens with zero attached hydrogens (tertiary/aromatic N) is 4. The Labute approximate surface area is 210 Å². The zero-order valence-corrected chi connectivity index (χ0v) is 20.4. The summed E-state index contributed by atoms with van der Waals surface area (Å²) in [7, 11) is 3.12. The van der Waals surface area contributed by atoms with Crippen LogP contribution in [-0.4, -0.2) is 41.9 Å². The summed E-state index contributed by atoms with van der Waals surface area (Å²) in [6.07, 6.45) is 3.77. The fraction of sp³-hybridized carbons (Fsp3) is 0.192. The highest BCUT2D eigenvalue weighted by atomic mass is 32.1. The van der Waals surface area contributed by atoms with Crippen molar-refractivity contribution in [2.45, 2.75) is 19.4 Å². The van der Waals surface area contributed by atoms with Gasteiger partial charge in [-0.3, -0.25) is 29.2 Å². The van der Waals surface area contributed by atoms with Crippen LogP contribution in [0.3, 0.4) is 0 Å². The van der Waals surface area contributed by atoms with Gasteiger partial charge in [0.25, 0.3) is 5.91 Å². The molecule has 5 rings (SSSR count). The predicted molar refractivity (Wildman–Crippen MR) is 136 cm³/mol. The molecule has 9 nitrogen and oxygen atoms in total. The van der Waals surface area contributed by atoms with Gasteiger partial charge in [-0.2, -0.15) is 0 Å². The SMILES string of the molecule is COc1cc2nc(N(Cc3cccnc3)C(=O)c3ccc(N4C(=O)CCC4=O)cc3)sc2cc1OC. The van der Waals surface area contributed by atoms with Gasteiger partial charge in [0, 0.05) is 42.9 Å². The molecular formula is C26H22N4O5S. The molecule has 1 aliphatic heterocycles. The van der Waals surface area contributed by atoms with Gasteiger partial charge in [0.05, 0.1) is 36.7 Å². The van der Waals surface area contributed by atoms with Crippen molar-refractivity contribution >= 4 is 50.1 Å². The first-order chi connectivity index (χ1) is 17.5. The molecule has 3 heterocycles. The molecule has 0 bridgehead atoms. The molecule has 0 radical (unpaired) electrons. The average molecular weight is 503 g/mol. The van der Waals surface area contributed by atoms with E-state index in [2.05, 4.69) is 4.98 Å². The summed E-state index contributed by atoms with van der Waals surface area (Å²) in [6.45, 7) is 0.256. The predicted octanol–water partition coefficient (Wildman–Crippen LogP) is 4.21. The number of anilines is 2. The maximum absolute atomic E-state index is 13.7. The van der Waals surface area contributed by atoms with Crippen LogP contribution >= 0.6 is 11.3 Å². The molecule has 10 heteroatoms. The van der Waals surface area contributed by atoms with Crippen molar-refractivity contribution < 1.29 is 23.9 Å². The Morgan fingerprint density at radius 2 is 1.72 bits per heavy atom. The Hall–Kier alpha value is -4.31. The third-order valence-electron chi connectivity index (χ3n) is 5.85. The number of fused-ring (bicyclic) bond motifs is 1. The van der Waals surface area contributed by atoms with Crippen molar-refractivity contribution in [2.75, 3.05) is 24.0 Å². The summed E-state index contributed by atoms with van der Waals surface area (Å²) in [4.78, 5) is 49.5. The van der Waals surface area contributed by atoms with Crippen LogP contribution in [0.1, 0.15) is 28.8 Å². The van der Waals surface area contributed by atoms with Crippen LogP contribution in [0.15, 0.2) is 60.9 Å². The highest BCUT2D eigenvalue weighted by molar-refractivity contribution is 7.22. The standard InChI is InChI=1S/C26H22N4O5S/c1-34-20-12-19-22(13-21(20)35-2)36-26(28-19)29(15-16-4-3-11-27-14-16)25(33)17-5-7-18(8-6-17)30-23(31)9-10-24(30)32/h3-8,11-14H,9-10,15H2,1-2H3. The van der Waals surface area contributed by atoms with Crippen LogP contribution in [-0.2, 0) is 16.1 Å². The largest absolute Gasteiger partial charge is 0.493 e. The molecule has 1 saturated heterocycles. The van der Waals surface area contributed by atoms with Crippen LogP contribution in [0.4, 0.5) is 10.8 Å². The maximum Gasteiger partial charge on any atom is 0.260 e. The Bertz CT molecular complexity index is 1400. The first kappa shape index (κ1) is 23.4. The summed E-state index contributed by atoms with van der Waals surface area (Å²) in [5.74, 6) is 0.373. The maximum atomic E-state index is 13.7. The van der Waals surface area contributed by atoms with Crippen molar-refractivity contribution in [1.29, 1.82) is 0 Å². The van der Waals surface area contributed by atoms with Crippen molar-refractivity contribution in [3.05, 3.63) is 72.1 Å². The molecule has 0 spiro atoms. The number of imide groups is 1. The van der Waals surface area contributed by atoms with Gasteiger partial charge in [0.1, 0.15) is 0 Å². The zero-order chi connectivity index (χ0) is 25.2. The number of methoxy groups -OCH3 is 2. The normalized spacial score (nSPS) is 13.3.